The van der Waals surface area contributed by atoms with Crippen molar-refractivity contribution in [3.63, 3.8) is 0 Å². The third-order valence-electron chi connectivity index (χ3n) is 4.57. The van der Waals surface area contributed by atoms with Gasteiger partial charge in [-0.3, -0.25) is 4.90 Å². The highest BCUT2D eigenvalue weighted by Gasteiger charge is 2.43. The molecule has 16 heavy (non-hydrogen) atoms. The van der Waals surface area contributed by atoms with Gasteiger partial charge in [0, 0.05) is 12.1 Å². The van der Waals surface area contributed by atoms with Crippen LogP contribution in [0.15, 0.2) is 0 Å². The van der Waals surface area contributed by atoms with Gasteiger partial charge in [-0.25, -0.2) is 0 Å². The van der Waals surface area contributed by atoms with Gasteiger partial charge in [-0.05, 0) is 77.3 Å². The zero-order chi connectivity index (χ0) is 11.8. The van der Waals surface area contributed by atoms with Gasteiger partial charge in [0.1, 0.15) is 0 Å². The molecule has 0 bridgehead atoms. The number of nitrogens with zero attached hydrogens (tertiary/aromatic N) is 1. The van der Waals surface area contributed by atoms with E-state index in [1.54, 1.807) is 0 Å². The van der Waals surface area contributed by atoms with Crippen LogP contribution in [0.4, 0.5) is 0 Å². The summed E-state index contributed by atoms with van der Waals surface area (Å²) in [5.74, 6) is 2.76. The van der Waals surface area contributed by atoms with Crippen molar-refractivity contribution in [3.8, 4) is 0 Å². The molecule has 0 amide bonds. The highest BCUT2D eigenvalue weighted by molar-refractivity contribution is 4.94. The minimum absolute atomic E-state index is 0.346. The molecule has 1 saturated heterocycles. The van der Waals surface area contributed by atoms with Crippen molar-refractivity contribution in [2.24, 2.45) is 17.8 Å². The number of aliphatic hydroxyl groups excluding tert-OH is 1. The molecule has 2 atom stereocenters. The van der Waals surface area contributed by atoms with Crippen molar-refractivity contribution in [1.82, 2.24) is 4.90 Å². The number of aliphatic hydroxyl groups is 1. The summed E-state index contributed by atoms with van der Waals surface area (Å²) >= 11 is 0. The Balaban J connectivity index is 1.74. The lowest BCUT2D eigenvalue weighted by atomic mass is 9.88. The fraction of sp³-hybridized carbons (Fsp3) is 1.00. The number of piperidine rings is 1. The van der Waals surface area contributed by atoms with Crippen LogP contribution in [0, 0.1) is 17.8 Å². The van der Waals surface area contributed by atoms with Gasteiger partial charge in [-0.15, -0.1) is 0 Å². The molecule has 0 radical (unpaired) electrons. The highest BCUT2D eigenvalue weighted by Crippen LogP contribution is 2.49. The first-order chi connectivity index (χ1) is 7.52. The first kappa shape index (κ1) is 12.4. The fourth-order valence-corrected chi connectivity index (χ4v) is 3.34. The van der Waals surface area contributed by atoms with Gasteiger partial charge in [0.15, 0.2) is 0 Å². The number of likely N-dealkylation sites (tertiary alicyclic amines) is 1. The van der Waals surface area contributed by atoms with E-state index in [1.807, 2.05) is 0 Å². The maximum atomic E-state index is 8.93. The van der Waals surface area contributed by atoms with E-state index in [-0.39, 0.29) is 0 Å². The SMILES string of the molecule is CC(C)(C)N1CCC(C2CC2CCO)CC1. The lowest BCUT2D eigenvalue weighted by molar-refractivity contribution is 0.0801. The van der Waals surface area contributed by atoms with Crippen molar-refractivity contribution >= 4 is 0 Å². The van der Waals surface area contributed by atoms with Crippen molar-refractivity contribution < 1.29 is 5.11 Å². The van der Waals surface area contributed by atoms with Crippen LogP contribution in [0.5, 0.6) is 0 Å². The van der Waals surface area contributed by atoms with Crippen LogP contribution < -0.4 is 0 Å². The van der Waals surface area contributed by atoms with Crippen LogP contribution in [0.3, 0.4) is 0 Å². The minimum atomic E-state index is 0.346. The van der Waals surface area contributed by atoms with E-state index >= 15 is 0 Å². The Kier molecular flexibility index (Phi) is 3.60. The number of hydrogen-bond acceptors (Lipinski definition) is 2. The normalized spacial score (nSPS) is 33.0. The van der Waals surface area contributed by atoms with Crippen LogP contribution in [-0.2, 0) is 0 Å². The van der Waals surface area contributed by atoms with E-state index < -0.39 is 0 Å². The number of hydrogen-bond donors (Lipinski definition) is 1. The summed E-state index contributed by atoms with van der Waals surface area (Å²) in [5, 5.41) is 8.93. The third-order valence-corrected chi connectivity index (χ3v) is 4.57. The summed E-state index contributed by atoms with van der Waals surface area (Å²) in [5.41, 5.74) is 0.346. The maximum absolute atomic E-state index is 8.93. The molecular weight excluding hydrogens is 198 g/mol. The average Bonchev–Trinajstić information content (AvgIpc) is 2.97. The van der Waals surface area contributed by atoms with E-state index in [0.29, 0.717) is 12.1 Å². The lowest BCUT2D eigenvalue weighted by Gasteiger charge is -2.41. The summed E-state index contributed by atoms with van der Waals surface area (Å²) in [7, 11) is 0. The van der Waals surface area contributed by atoms with Crippen LogP contribution >= 0.6 is 0 Å². The van der Waals surface area contributed by atoms with Crippen LogP contribution in [0.1, 0.15) is 46.5 Å². The molecule has 2 unspecified atom stereocenters. The van der Waals surface area contributed by atoms with Crippen molar-refractivity contribution in [3.05, 3.63) is 0 Å². The first-order valence-electron chi connectivity index (χ1n) is 6.88. The molecule has 0 aromatic rings. The molecule has 1 aliphatic heterocycles. The van der Waals surface area contributed by atoms with Crippen LogP contribution in [0.25, 0.3) is 0 Å². The molecule has 0 aromatic heterocycles. The smallest absolute Gasteiger partial charge is 0.0433 e. The minimum Gasteiger partial charge on any atom is -0.396 e. The predicted molar refractivity (Wildman–Crippen MR) is 67.3 cm³/mol. The molecule has 2 rings (SSSR count). The summed E-state index contributed by atoms with van der Waals surface area (Å²) in [6.07, 6.45) is 5.19. The summed E-state index contributed by atoms with van der Waals surface area (Å²) in [4.78, 5) is 2.62. The average molecular weight is 225 g/mol. The molecular formula is C14H27NO. The summed E-state index contributed by atoms with van der Waals surface area (Å²) < 4.78 is 0. The zero-order valence-electron chi connectivity index (χ0n) is 11.1. The Hall–Kier alpha value is -0.0800. The zero-order valence-corrected chi connectivity index (χ0v) is 11.1. The second-order valence-electron chi connectivity index (χ2n) is 6.67. The van der Waals surface area contributed by atoms with Gasteiger partial charge in [0.2, 0.25) is 0 Å². The van der Waals surface area contributed by atoms with E-state index in [2.05, 4.69) is 25.7 Å². The molecule has 1 N–H and O–H groups in total. The number of rotatable bonds is 3. The van der Waals surface area contributed by atoms with Gasteiger partial charge >= 0.3 is 0 Å². The first-order valence-corrected chi connectivity index (χ1v) is 6.88. The molecule has 1 aliphatic carbocycles. The Morgan fingerprint density at radius 2 is 1.81 bits per heavy atom. The molecule has 1 heterocycles. The van der Waals surface area contributed by atoms with Gasteiger partial charge < -0.3 is 5.11 Å². The van der Waals surface area contributed by atoms with Gasteiger partial charge in [-0.1, -0.05) is 0 Å². The topological polar surface area (TPSA) is 23.5 Å². The van der Waals surface area contributed by atoms with Gasteiger partial charge in [0.25, 0.3) is 0 Å². The maximum Gasteiger partial charge on any atom is 0.0433 e. The van der Waals surface area contributed by atoms with Crippen LogP contribution in [-0.4, -0.2) is 35.2 Å². The summed E-state index contributed by atoms with van der Waals surface area (Å²) in [6.45, 7) is 9.89. The molecule has 94 valence electrons. The fourth-order valence-electron chi connectivity index (χ4n) is 3.34. The molecule has 1 saturated carbocycles. The Bertz CT molecular complexity index is 225. The predicted octanol–water partition coefficient (Wildman–Crippen LogP) is 2.52. The van der Waals surface area contributed by atoms with E-state index in [0.717, 1.165) is 24.2 Å². The monoisotopic (exact) mass is 225 g/mol. The van der Waals surface area contributed by atoms with Crippen LogP contribution in [0.2, 0.25) is 0 Å². The van der Waals surface area contributed by atoms with E-state index in [1.165, 1.54) is 32.4 Å². The molecule has 2 heteroatoms. The summed E-state index contributed by atoms with van der Waals surface area (Å²) in [6, 6.07) is 0. The highest BCUT2D eigenvalue weighted by atomic mass is 16.3. The molecule has 2 aliphatic rings. The van der Waals surface area contributed by atoms with Gasteiger partial charge in [-0.2, -0.15) is 0 Å². The van der Waals surface area contributed by atoms with Gasteiger partial charge in [0.05, 0.1) is 0 Å². The molecule has 2 fully saturated rings. The second kappa shape index (κ2) is 4.66. The Labute approximate surface area is 100 Å². The Morgan fingerprint density at radius 1 is 1.19 bits per heavy atom. The van der Waals surface area contributed by atoms with E-state index in [9.17, 15) is 0 Å². The van der Waals surface area contributed by atoms with Crippen molar-refractivity contribution in [2.45, 2.75) is 52.0 Å². The lowest BCUT2D eigenvalue weighted by Crippen LogP contribution is -2.46. The quantitative estimate of drug-likeness (QED) is 0.798. The van der Waals surface area contributed by atoms with Crippen molar-refractivity contribution in [2.75, 3.05) is 19.7 Å². The Morgan fingerprint density at radius 3 is 2.31 bits per heavy atom. The second-order valence-corrected chi connectivity index (χ2v) is 6.67. The molecule has 0 aromatic carbocycles. The third kappa shape index (κ3) is 2.78. The molecule has 2 nitrogen and oxygen atoms in total. The van der Waals surface area contributed by atoms with Crippen molar-refractivity contribution in [1.29, 1.82) is 0 Å². The van der Waals surface area contributed by atoms with E-state index in [4.69, 9.17) is 5.11 Å². The standard InChI is InChI=1S/C14H27NO/c1-14(2,3)15-7-4-11(5-8-15)13-10-12(13)6-9-16/h11-13,16H,4-10H2,1-3H3. The molecule has 0 spiro atoms. The largest absolute Gasteiger partial charge is 0.396 e.